The Bertz CT molecular complexity index is 872. The van der Waals surface area contributed by atoms with Crippen LogP contribution in [0, 0.1) is 0 Å². The molecule has 0 aliphatic rings. The van der Waals surface area contributed by atoms with Crippen LogP contribution in [0.3, 0.4) is 0 Å². The van der Waals surface area contributed by atoms with Crippen LogP contribution in [-0.4, -0.2) is 36.8 Å². The third-order valence-corrected chi connectivity index (χ3v) is 3.71. The largest absolute Gasteiger partial charge is 0.573 e. The molecule has 0 unspecified atom stereocenters. The maximum Gasteiger partial charge on any atom is 0.573 e. The second kappa shape index (κ2) is 9.15. The Hall–Kier alpha value is -3.47. The number of anilines is 1. The van der Waals surface area contributed by atoms with Crippen molar-refractivity contribution < 1.29 is 32.2 Å². The summed E-state index contributed by atoms with van der Waals surface area (Å²) in [4.78, 5) is 24.4. The fraction of sp³-hybridized carbons (Fsp3) is 0.222. The number of amides is 2. The van der Waals surface area contributed by atoms with Crippen LogP contribution < -0.4 is 26.4 Å². The van der Waals surface area contributed by atoms with Crippen LogP contribution in [0.4, 0.5) is 18.9 Å². The number of rotatable bonds is 7. The predicted molar refractivity (Wildman–Crippen MR) is 97.6 cm³/mol. The molecule has 8 nitrogen and oxygen atoms in total. The number of ether oxygens (including phenoxy) is 2. The molecular formula is C18H19F3N4O4. The molecule has 2 amide bonds. The van der Waals surface area contributed by atoms with E-state index in [4.69, 9.17) is 16.3 Å². The number of benzene rings is 2. The van der Waals surface area contributed by atoms with Crippen molar-refractivity contribution in [3.8, 4) is 11.5 Å². The molecule has 11 heteroatoms. The first kappa shape index (κ1) is 21.8. The average Bonchev–Trinajstić information content (AvgIpc) is 2.66. The van der Waals surface area contributed by atoms with Gasteiger partial charge in [-0.25, -0.2) is 5.84 Å². The summed E-state index contributed by atoms with van der Waals surface area (Å²) in [7, 11) is 1.43. The van der Waals surface area contributed by atoms with Crippen LogP contribution in [0.1, 0.15) is 15.9 Å². The lowest BCUT2D eigenvalue weighted by atomic mass is 10.1. The van der Waals surface area contributed by atoms with Gasteiger partial charge in [0.05, 0.1) is 12.7 Å². The zero-order valence-electron chi connectivity index (χ0n) is 15.3. The molecule has 0 aliphatic carbocycles. The number of nitrogens with two attached hydrogens (primary N) is 2. The third-order valence-electron chi connectivity index (χ3n) is 3.71. The molecule has 0 atom stereocenters. The van der Waals surface area contributed by atoms with Crippen LogP contribution in [-0.2, 0) is 11.3 Å². The van der Waals surface area contributed by atoms with E-state index < -0.39 is 24.7 Å². The average molecular weight is 412 g/mol. The summed E-state index contributed by atoms with van der Waals surface area (Å²) in [5, 5.41) is 3.20. The van der Waals surface area contributed by atoms with E-state index in [0.29, 0.717) is 16.3 Å². The van der Waals surface area contributed by atoms with E-state index >= 15 is 0 Å². The van der Waals surface area contributed by atoms with Crippen molar-refractivity contribution in [2.45, 2.75) is 12.9 Å². The number of nitrogens with one attached hydrogen (secondary N) is 1. The number of nitrogen functional groups attached to an aromatic ring is 1. The maximum atomic E-state index is 12.4. The first-order valence-electron chi connectivity index (χ1n) is 8.20. The SMILES string of the molecule is COc1ccc(N)c(C(=O)N(N)CC(=O)NCc2ccc(OC(F)(F)F)cc2)c1. The molecule has 0 saturated heterocycles. The number of halogens is 3. The highest BCUT2D eigenvalue weighted by molar-refractivity contribution is 6.00. The van der Waals surface area contributed by atoms with E-state index in [1.807, 2.05) is 0 Å². The van der Waals surface area contributed by atoms with Gasteiger partial charge in [-0.05, 0) is 35.9 Å². The minimum atomic E-state index is -4.78. The normalized spacial score (nSPS) is 10.9. The van der Waals surface area contributed by atoms with Crippen molar-refractivity contribution in [3.63, 3.8) is 0 Å². The molecule has 0 bridgehead atoms. The van der Waals surface area contributed by atoms with E-state index in [1.165, 1.54) is 31.4 Å². The van der Waals surface area contributed by atoms with Gasteiger partial charge in [0.2, 0.25) is 5.91 Å². The van der Waals surface area contributed by atoms with E-state index in [2.05, 4.69) is 10.1 Å². The van der Waals surface area contributed by atoms with Gasteiger partial charge in [0, 0.05) is 12.2 Å². The number of nitrogens with zero attached hydrogens (tertiary/aromatic N) is 1. The van der Waals surface area contributed by atoms with Crippen LogP contribution in [0.25, 0.3) is 0 Å². The van der Waals surface area contributed by atoms with Crippen molar-refractivity contribution in [1.82, 2.24) is 10.3 Å². The molecule has 29 heavy (non-hydrogen) atoms. The minimum Gasteiger partial charge on any atom is -0.497 e. The van der Waals surface area contributed by atoms with Crippen LogP contribution >= 0.6 is 0 Å². The Morgan fingerprint density at radius 3 is 2.31 bits per heavy atom. The molecule has 2 aromatic rings. The van der Waals surface area contributed by atoms with Gasteiger partial charge in [0.1, 0.15) is 18.0 Å². The number of methoxy groups -OCH3 is 1. The second-order valence-electron chi connectivity index (χ2n) is 5.85. The van der Waals surface area contributed by atoms with Crippen LogP contribution in [0.5, 0.6) is 11.5 Å². The van der Waals surface area contributed by atoms with E-state index in [9.17, 15) is 22.8 Å². The van der Waals surface area contributed by atoms with E-state index in [0.717, 1.165) is 12.1 Å². The molecule has 0 fully saturated rings. The highest BCUT2D eigenvalue weighted by Crippen LogP contribution is 2.23. The van der Waals surface area contributed by atoms with Gasteiger partial charge in [-0.2, -0.15) is 0 Å². The fourth-order valence-electron chi connectivity index (χ4n) is 2.29. The molecule has 2 rings (SSSR count). The lowest BCUT2D eigenvalue weighted by molar-refractivity contribution is -0.274. The standard InChI is InChI=1S/C18H19F3N4O4/c1-28-13-6-7-15(22)14(8-13)17(27)25(23)10-16(26)24-9-11-2-4-12(5-3-11)29-18(19,20)21/h2-8H,9-10,22-23H2,1H3,(H,24,26). The van der Waals surface area contributed by atoms with Crippen molar-refractivity contribution in [3.05, 3.63) is 53.6 Å². The van der Waals surface area contributed by atoms with Gasteiger partial charge in [0.15, 0.2) is 0 Å². The molecule has 0 aromatic heterocycles. The van der Waals surface area contributed by atoms with Gasteiger partial charge >= 0.3 is 6.36 Å². The lowest BCUT2D eigenvalue weighted by Gasteiger charge is -2.18. The quantitative estimate of drug-likeness (QED) is 0.276. The number of hydrogen-bond donors (Lipinski definition) is 3. The Morgan fingerprint density at radius 2 is 1.72 bits per heavy atom. The van der Waals surface area contributed by atoms with Gasteiger partial charge < -0.3 is 20.5 Å². The molecule has 0 spiro atoms. The summed E-state index contributed by atoms with van der Waals surface area (Å²) >= 11 is 0. The summed E-state index contributed by atoms with van der Waals surface area (Å²) in [6.07, 6.45) is -4.78. The Kier molecular flexibility index (Phi) is 6.89. The smallest absolute Gasteiger partial charge is 0.497 e. The monoisotopic (exact) mass is 412 g/mol. The fourth-order valence-corrected chi connectivity index (χ4v) is 2.29. The number of hydrogen-bond acceptors (Lipinski definition) is 6. The number of alkyl halides is 3. The molecule has 2 aromatic carbocycles. The first-order chi connectivity index (χ1) is 13.6. The van der Waals surface area contributed by atoms with Gasteiger partial charge in [-0.1, -0.05) is 12.1 Å². The van der Waals surface area contributed by atoms with Crippen molar-refractivity contribution in [2.75, 3.05) is 19.4 Å². The van der Waals surface area contributed by atoms with Crippen molar-refractivity contribution in [2.24, 2.45) is 5.84 Å². The lowest BCUT2D eigenvalue weighted by Crippen LogP contribution is -2.45. The molecule has 0 saturated carbocycles. The molecule has 5 N–H and O–H groups in total. The maximum absolute atomic E-state index is 12.4. The third kappa shape index (κ3) is 6.57. The summed E-state index contributed by atoms with van der Waals surface area (Å²) in [5.74, 6) is 4.44. The highest BCUT2D eigenvalue weighted by Gasteiger charge is 2.30. The van der Waals surface area contributed by atoms with Gasteiger partial charge in [-0.15, -0.1) is 13.2 Å². The molecule has 0 heterocycles. The number of hydrazine groups is 1. The molecule has 0 aliphatic heterocycles. The zero-order valence-corrected chi connectivity index (χ0v) is 15.3. The minimum absolute atomic E-state index is 0.0223. The summed E-state index contributed by atoms with van der Waals surface area (Å²) in [6, 6.07) is 9.43. The van der Waals surface area contributed by atoms with E-state index in [-0.39, 0.29) is 23.5 Å². The summed E-state index contributed by atoms with van der Waals surface area (Å²) < 4.78 is 45.2. The van der Waals surface area contributed by atoms with Gasteiger partial charge in [0.25, 0.3) is 5.91 Å². The zero-order chi connectivity index (χ0) is 21.6. The topological polar surface area (TPSA) is 120 Å². The summed E-state index contributed by atoms with van der Waals surface area (Å²) in [5.41, 5.74) is 6.54. The molecule has 156 valence electrons. The van der Waals surface area contributed by atoms with Crippen molar-refractivity contribution >= 4 is 17.5 Å². The van der Waals surface area contributed by atoms with E-state index in [1.54, 1.807) is 6.07 Å². The number of carbonyl (C=O) groups excluding carboxylic acids is 2. The summed E-state index contributed by atoms with van der Waals surface area (Å²) in [6.45, 7) is -0.431. The Morgan fingerprint density at radius 1 is 1.10 bits per heavy atom. The van der Waals surface area contributed by atoms with Gasteiger partial charge in [-0.3, -0.25) is 14.6 Å². The molecule has 0 radical (unpaired) electrons. The number of carbonyl (C=O) groups is 2. The Labute approximate surface area is 164 Å². The molecular weight excluding hydrogens is 393 g/mol. The van der Waals surface area contributed by atoms with Crippen LogP contribution in [0.2, 0.25) is 0 Å². The Balaban J connectivity index is 1.89. The van der Waals surface area contributed by atoms with Crippen LogP contribution in [0.15, 0.2) is 42.5 Å². The highest BCUT2D eigenvalue weighted by atomic mass is 19.4. The van der Waals surface area contributed by atoms with Crippen molar-refractivity contribution in [1.29, 1.82) is 0 Å². The second-order valence-corrected chi connectivity index (χ2v) is 5.85. The first-order valence-corrected chi connectivity index (χ1v) is 8.20. The predicted octanol–water partition coefficient (Wildman–Crippen LogP) is 1.81.